The van der Waals surface area contributed by atoms with Gasteiger partial charge in [-0.15, -0.1) is 0 Å². The van der Waals surface area contributed by atoms with Gasteiger partial charge in [0, 0.05) is 11.8 Å². The summed E-state index contributed by atoms with van der Waals surface area (Å²) in [6.45, 7) is 1.54. The molecule has 0 amide bonds. The molecule has 58 valence electrons. The van der Waals surface area contributed by atoms with Gasteiger partial charge < -0.3 is 5.11 Å². The van der Waals surface area contributed by atoms with Crippen LogP contribution in [0.5, 0.6) is 0 Å². The van der Waals surface area contributed by atoms with Crippen LogP contribution in [0.25, 0.3) is 0 Å². The second-order valence-electron chi connectivity index (χ2n) is 2.13. The lowest BCUT2D eigenvalue weighted by molar-refractivity contribution is 0.0696. The van der Waals surface area contributed by atoms with Gasteiger partial charge >= 0.3 is 5.97 Å². The summed E-state index contributed by atoms with van der Waals surface area (Å²) in [5, 5.41) is 8.44. The molecule has 1 aromatic heterocycles. The molecule has 1 rings (SSSR count). The molecule has 1 N–H and O–H groups in total. The molecule has 0 aliphatic rings. The molecule has 0 saturated heterocycles. The molecule has 0 aromatic carbocycles. The number of hydrogen-bond acceptors (Lipinski definition) is 2. The predicted octanol–water partition coefficient (Wildman–Crippen LogP) is 1.23. The van der Waals surface area contributed by atoms with Crippen molar-refractivity contribution in [2.75, 3.05) is 0 Å². The smallest absolute Gasteiger partial charge is 0.335 e. The zero-order chi connectivity index (χ0) is 8.43. The normalized spacial score (nSPS) is 9.64. The number of rotatable bonds is 1. The van der Waals surface area contributed by atoms with Crippen molar-refractivity contribution in [1.29, 1.82) is 0 Å². The molecule has 4 heteroatoms. The third-order valence-corrected chi connectivity index (χ3v) is 1.17. The Hall–Kier alpha value is -1.45. The highest BCUT2D eigenvalue weighted by Gasteiger charge is 2.05. The fourth-order valence-electron chi connectivity index (χ4n) is 0.752. The molecule has 0 aliphatic heterocycles. The molecule has 0 bridgehead atoms. The van der Waals surface area contributed by atoms with Crippen molar-refractivity contribution in [3.05, 3.63) is 29.3 Å². The number of carboxylic acids is 1. The van der Waals surface area contributed by atoms with Gasteiger partial charge in [0.05, 0.1) is 5.56 Å². The standard InChI is InChI=1S/C7H6FNO2/c1-4-2-5(7(10)11)3-6(8)9-4/h2-3H,1H3,(H,10,11). The summed E-state index contributed by atoms with van der Waals surface area (Å²) in [5.41, 5.74) is 0.289. The molecule has 0 atom stereocenters. The fourth-order valence-corrected chi connectivity index (χ4v) is 0.752. The molecule has 0 aliphatic carbocycles. The summed E-state index contributed by atoms with van der Waals surface area (Å²) < 4.78 is 12.4. The van der Waals surface area contributed by atoms with Crippen LogP contribution in [-0.2, 0) is 0 Å². The highest BCUT2D eigenvalue weighted by Crippen LogP contribution is 2.03. The molecule has 0 fully saturated rings. The van der Waals surface area contributed by atoms with Crippen molar-refractivity contribution in [1.82, 2.24) is 4.98 Å². The van der Waals surface area contributed by atoms with E-state index in [1.54, 1.807) is 0 Å². The number of pyridine rings is 1. The SMILES string of the molecule is Cc1cc(C(=O)O)cc(F)n1. The van der Waals surface area contributed by atoms with Crippen LogP contribution >= 0.6 is 0 Å². The monoisotopic (exact) mass is 155 g/mol. The highest BCUT2D eigenvalue weighted by molar-refractivity contribution is 5.87. The lowest BCUT2D eigenvalue weighted by Gasteiger charge is -1.95. The Labute approximate surface area is 62.5 Å². The van der Waals surface area contributed by atoms with E-state index in [1.807, 2.05) is 0 Å². The van der Waals surface area contributed by atoms with Crippen molar-refractivity contribution in [3.63, 3.8) is 0 Å². The van der Waals surface area contributed by atoms with E-state index >= 15 is 0 Å². The number of carbonyl (C=O) groups is 1. The van der Waals surface area contributed by atoms with Crippen LogP contribution in [0.2, 0.25) is 0 Å². The number of hydrogen-bond donors (Lipinski definition) is 1. The maximum Gasteiger partial charge on any atom is 0.335 e. The number of aryl methyl sites for hydroxylation is 1. The zero-order valence-electron chi connectivity index (χ0n) is 5.84. The Morgan fingerprint density at radius 3 is 2.73 bits per heavy atom. The molecule has 0 unspecified atom stereocenters. The molecular weight excluding hydrogens is 149 g/mol. The first-order valence-corrected chi connectivity index (χ1v) is 2.97. The summed E-state index contributed by atoms with van der Waals surface area (Å²) in [6.07, 6.45) is 0. The Morgan fingerprint density at radius 1 is 1.64 bits per heavy atom. The van der Waals surface area contributed by atoms with E-state index in [2.05, 4.69) is 4.98 Å². The van der Waals surface area contributed by atoms with E-state index in [9.17, 15) is 9.18 Å². The first-order chi connectivity index (χ1) is 5.09. The quantitative estimate of drug-likeness (QED) is 0.620. The third kappa shape index (κ3) is 1.73. The Bertz CT molecular complexity index is 278. The number of halogens is 1. The van der Waals surface area contributed by atoms with Gasteiger partial charge in [0.2, 0.25) is 5.95 Å². The van der Waals surface area contributed by atoms with E-state index in [0.29, 0.717) is 5.69 Å². The lowest BCUT2D eigenvalue weighted by atomic mass is 10.2. The van der Waals surface area contributed by atoms with Crippen molar-refractivity contribution < 1.29 is 14.3 Å². The molecule has 1 heterocycles. The van der Waals surface area contributed by atoms with Gasteiger partial charge in [-0.2, -0.15) is 4.39 Å². The van der Waals surface area contributed by atoms with Gasteiger partial charge in [0.1, 0.15) is 0 Å². The van der Waals surface area contributed by atoms with Gasteiger partial charge in [0.25, 0.3) is 0 Å². The summed E-state index contributed by atoms with van der Waals surface area (Å²) in [4.78, 5) is 13.7. The summed E-state index contributed by atoms with van der Waals surface area (Å²) in [5.74, 6) is -1.91. The van der Waals surface area contributed by atoms with Crippen LogP contribution in [0.3, 0.4) is 0 Å². The molecular formula is C7H6FNO2. The first kappa shape index (κ1) is 7.65. The minimum absolute atomic E-state index is 0.0741. The number of aromatic nitrogens is 1. The van der Waals surface area contributed by atoms with E-state index in [0.717, 1.165) is 6.07 Å². The maximum atomic E-state index is 12.4. The van der Waals surface area contributed by atoms with Crippen LogP contribution < -0.4 is 0 Å². The van der Waals surface area contributed by atoms with Crippen LogP contribution in [0.4, 0.5) is 4.39 Å². The molecule has 11 heavy (non-hydrogen) atoms. The fraction of sp³-hybridized carbons (Fsp3) is 0.143. The molecule has 1 aromatic rings. The highest BCUT2D eigenvalue weighted by atomic mass is 19.1. The van der Waals surface area contributed by atoms with Crippen LogP contribution in [0.1, 0.15) is 16.1 Å². The predicted molar refractivity (Wildman–Crippen MR) is 35.9 cm³/mol. The summed E-state index contributed by atoms with van der Waals surface area (Å²) in [6, 6.07) is 2.20. The average Bonchev–Trinajstić information content (AvgIpc) is 1.85. The van der Waals surface area contributed by atoms with Crippen LogP contribution in [0.15, 0.2) is 12.1 Å². The third-order valence-electron chi connectivity index (χ3n) is 1.17. The maximum absolute atomic E-state index is 12.4. The Morgan fingerprint density at radius 2 is 2.27 bits per heavy atom. The molecule has 3 nitrogen and oxygen atoms in total. The van der Waals surface area contributed by atoms with Crippen molar-refractivity contribution in [2.45, 2.75) is 6.92 Å². The van der Waals surface area contributed by atoms with Gasteiger partial charge in [-0.3, -0.25) is 0 Å². The van der Waals surface area contributed by atoms with E-state index in [1.165, 1.54) is 13.0 Å². The largest absolute Gasteiger partial charge is 0.478 e. The average molecular weight is 155 g/mol. The minimum atomic E-state index is -1.14. The molecule has 0 spiro atoms. The van der Waals surface area contributed by atoms with Gasteiger partial charge in [-0.1, -0.05) is 0 Å². The number of aromatic carboxylic acids is 1. The number of nitrogens with zero attached hydrogens (tertiary/aromatic N) is 1. The zero-order valence-corrected chi connectivity index (χ0v) is 5.84. The summed E-state index contributed by atoms with van der Waals surface area (Å²) in [7, 11) is 0. The minimum Gasteiger partial charge on any atom is -0.478 e. The number of carboxylic acid groups (broad SMARTS) is 1. The van der Waals surface area contributed by atoms with E-state index < -0.39 is 11.9 Å². The molecule has 0 radical (unpaired) electrons. The summed E-state index contributed by atoms with van der Waals surface area (Å²) >= 11 is 0. The topological polar surface area (TPSA) is 50.2 Å². The second-order valence-corrected chi connectivity index (χ2v) is 2.13. The van der Waals surface area contributed by atoms with Crippen LogP contribution in [0, 0.1) is 12.9 Å². The first-order valence-electron chi connectivity index (χ1n) is 2.97. The van der Waals surface area contributed by atoms with Crippen molar-refractivity contribution in [3.8, 4) is 0 Å². The molecule has 0 saturated carbocycles. The van der Waals surface area contributed by atoms with Crippen LogP contribution in [-0.4, -0.2) is 16.1 Å². The second kappa shape index (κ2) is 2.65. The lowest BCUT2D eigenvalue weighted by Crippen LogP contribution is -1.99. The van der Waals surface area contributed by atoms with Gasteiger partial charge in [-0.05, 0) is 13.0 Å². The Balaban J connectivity index is 3.19. The van der Waals surface area contributed by atoms with Gasteiger partial charge in [-0.25, -0.2) is 9.78 Å². The van der Waals surface area contributed by atoms with Crippen molar-refractivity contribution >= 4 is 5.97 Å². The van der Waals surface area contributed by atoms with E-state index in [4.69, 9.17) is 5.11 Å². The Kier molecular flexibility index (Phi) is 1.85. The van der Waals surface area contributed by atoms with Crippen molar-refractivity contribution in [2.24, 2.45) is 0 Å². The van der Waals surface area contributed by atoms with Gasteiger partial charge in [0.15, 0.2) is 0 Å². The van der Waals surface area contributed by atoms with E-state index in [-0.39, 0.29) is 5.56 Å².